The molecule has 3 rings (SSSR count). The molecule has 2 aromatic carbocycles. The van der Waals surface area contributed by atoms with E-state index in [0.717, 1.165) is 18.2 Å². The highest BCUT2D eigenvalue weighted by molar-refractivity contribution is 6.05. The van der Waals surface area contributed by atoms with Gasteiger partial charge in [0.2, 0.25) is 0 Å². The highest BCUT2D eigenvalue weighted by atomic mass is 19.1. The maximum Gasteiger partial charge on any atom is 0.258 e. The minimum Gasteiger partial charge on any atom is -0.441 e. The van der Waals surface area contributed by atoms with Gasteiger partial charge in [0.1, 0.15) is 17.2 Å². The first-order valence-corrected chi connectivity index (χ1v) is 6.16. The summed E-state index contributed by atoms with van der Waals surface area (Å²) in [5.41, 5.74) is 1.21. The summed E-state index contributed by atoms with van der Waals surface area (Å²) in [5.74, 6) is -1.69. The molecule has 0 aliphatic heterocycles. The van der Waals surface area contributed by atoms with Crippen LogP contribution in [0.15, 0.2) is 40.8 Å². The number of rotatable bonds is 2. The van der Waals surface area contributed by atoms with Crippen LogP contribution in [0.25, 0.3) is 11.1 Å². The topological polar surface area (TPSA) is 55.1 Å². The van der Waals surface area contributed by atoms with Crippen LogP contribution in [0.3, 0.4) is 0 Å². The average molecular weight is 288 g/mol. The highest BCUT2D eigenvalue weighted by Crippen LogP contribution is 2.21. The fourth-order valence-electron chi connectivity index (χ4n) is 1.99. The Morgan fingerprint density at radius 1 is 1.19 bits per heavy atom. The van der Waals surface area contributed by atoms with E-state index in [-0.39, 0.29) is 5.56 Å². The molecule has 0 atom stereocenters. The van der Waals surface area contributed by atoms with E-state index in [1.54, 1.807) is 25.1 Å². The number of hydrogen-bond acceptors (Lipinski definition) is 3. The smallest absolute Gasteiger partial charge is 0.258 e. The number of fused-ring (bicyclic) bond motifs is 1. The Balaban J connectivity index is 1.90. The normalized spacial score (nSPS) is 10.8. The lowest BCUT2D eigenvalue weighted by Crippen LogP contribution is -2.14. The number of nitrogens with zero attached hydrogens (tertiary/aromatic N) is 1. The van der Waals surface area contributed by atoms with Gasteiger partial charge in [-0.2, -0.15) is 0 Å². The monoisotopic (exact) mass is 288 g/mol. The second kappa shape index (κ2) is 4.97. The van der Waals surface area contributed by atoms with E-state index >= 15 is 0 Å². The Labute approximate surface area is 118 Å². The number of hydrogen-bond donors (Lipinski definition) is 1. The number of aromatic nitrogens is 1. The third-order valence-electron chi connectivity index (χ3n) is 2.93. The highest BCUT2D eigenvalue weighted by Gasteiger charge is 2.13. The van der Waals surface area contributed by atoms with Crippen LogP contribution in [0.4, 0.5) is 14.5 Å². The molecule has 1 N–H and O–H groups in total. The van der Waals surface area contributed by atoms with Crippen molar-refractivity contribution >= 4 is 22.7 Å². The van der Waals surface area contributed by atoms with Crippen molar-refractivity contribution in [2.75, 3.05) is 5.32 Å². The molecule has 0 saturated heterocycles. The molecule has 0 fully saturated rings. The first kappa shape index (κ1) is 13.2. The van der Waals surface area contributed by atoms with Crippen molar-refractivity contribution in [2.24, 2.45) is 0 Å². The average Bonchev–Trinajstić information content (AvgIpc) is 2.80. The van der Waals surface area contributed by atoms with Gasteiger partial charge in [0.15, 0.2) is 11.5 Å². The van der Waals surface area contributed by atoms with Gasteiger partial charge in [-0.15, -0.1) is 0 Å². The standard InChI is InChI=1S/C15H10F2N2O2/c1-8-18-13-5-3-10(7-14(13)21-8)19-15(20)11-6-9(16)2-4-12(11)17/h2-7H,1H3,(H,19,20). The van der Waals surface area contributed by atoms with E-state index in [1.807, 2.05) is 0 Å². The van der Waals surface area contributed by atoms with Gasteiger partial charge >= 0.3 is 0 Å². The van der Waals surface area contributed by atoms with E-state index in [2.05, 4.69) is 10.3 Å². The van der Waals surface area contributed by atoms with Crippen LogP contribution in [0.1, 0.15) is 16.2 Å². The molecule has 0 radical (unpaired) electrons. The van der Waals surface area contributed by atoms with Crippen LogP contribution < -0.4 is 5.32 Å². The van der Waals surface area contributed by atoms with E-state index in [0.29, 0.717) is 22.7 Å². The lowest BCUT2D eigenvalue weighted by atomic mass is 10.2. The predicted octanol–water partition coefficient (Wildman–Crippen LogP) is 3.67. The van der Waals surface area contributed by atoms with Crippen molar-refractivity contribution < 1.29 is 18.0 Å². The molecular weight excluding hydrogens is 278 g/mol. The molecular formula is C15H10F2N2O2. The molecule has 1 aromatic heterocycles. The number of benzene rings is 2. The summed E-state index contributed by atoms with van der Waals surface area (Å²) in [5, 5.41) is 2.49. The molecule has 1 amide bonds. The Hall–Kier alpha value is -2.76. The van der Waals surface area contributed by atoms with Crippen molar-refractivity contribution in [3.63, 3.8) is 0 Å². The summed E-state index contributed by atoms with van der Waals surface area (Å²) in [7, 11) is 0. The summed E-state index contributed by atoms with van der Waals surface area (Å²) in [6, 6.07) is 7.57. The Morgan fingerprint density at radius 3 is 2.81 bits per heavy atom. The van der Waals surface area contributed by atoms with Crippen LogP contribution in [-0.4, -0.2) is 10.9 Å². The molecule has 0 aliphatic rings. The quantitative estimate of drug-likeness (QED) is 0.782. The molecule has 0 bridgehead atoms. The maximum absolute atomic E-state index is 13.5. The summed E-state index contributed by atoms with van der Waals surface area (Å²) in [4.78, 5) is 16.1. The van der Waals surface area contributed by atoms with Crippen LogP contribution in [0, 0.1) is 18.6 Å². The van der Waals surface area contributed by atoms with Gasteiger partial charge in [0.05, 0.1) is 5.56 Å². The number of halogens is 2. The van der Waals surface area contributed by atoms with Gasteiger partial charge in [0, 0.05) is 18.7 Å². The molecule has 4 nitrogen and oxygen atoms in total. The summed E-state index contributed by atoms with van der Waals surface area (Å²) >= 11 is 0. The van der Waals surface area contributed by atoms with E-state index in [9.17, 15) is 13.6 Å². The number of oxazole rings is 1. The summed E-state index contributed by atoms with van der Waals surface area (Å²) < 4.78 is 32.0. The molecule has 106 valence electrons. The fourth-order valence-corrected chi connectivity index (χ4v) is 1.99. The van der Waals surface area contributed by atoms with Crippen molar-refractivity contribution in [2.45, 2.75) is 6.92 Å². The van der Waals surface area contributed by atoms with Crippen LogP contribution >= 0.6 is 0 Å². The molecule has 6 heteroatoms. The molecule has 21 heavy (non-hydrogen) atoms. The van der Waals surface area contributed by atoms with Gasteiger partial charge in [0.25, 0.3) is 5.91 Å². The van der Waals surface area contributed by atoms with Crippen LogP contribution in [0.2, 0.25) is 0 Å². The molecule has 3 aromatic rings. The number of carbonyl (C=O) groups is 1. The van der Waals surface area contributed by atoms with Crippen LogP contribution in [0.5, 0.6) is 0 Å². The Bertz CT molecular complexity index is 843. The Morgan fingerprint density at radius 2 is 2.00 bits per heavy atom. The summed E-state index contributed by atoms with van der Waals surface area (Å²) in [6.45, 7) is 1.71. The number of nitrogens with one attached hydrogen (secondary N) is 1. The molecule has 0 aliphatic carbocycles. The zero-order chi connectivity index (χ0) is 15.0. The maximum atomic E-state index is 13.5. The molecule has 1 heterocycles. The number of anilines is 1. The fraction of sp³-hybridized carbons (Fsp3) is 0.0667. The zero-order valence-electron chi connectivity index (χ0n) is 11.0. The third kappa shape index (κ3) is 2.60. The second-order valence-electron chi connectivity index (χ2n) is 4.49. The lowest BCUT2D eigenvalue weighted by molar-refractivity contribution is 0.102. The van der Waals surface area contributed by atoms with Crippen LogP contribution in [-0.2, 0) is 0 Å². The van der Waals surface area contributed by atoms with Crippen molar-refractivity contribution in [1.82, 2.24) is 4.98 Å². The van der Waals surface area contributed by atoms with Gasteiger partial charge in [-0.25, -0.2) is 13.8 Å². The van der Waals surface area contributed by atoms with Gasteiger partial charge < -0.3 is 9.73 Å². The first-order valence-electron chi connectivity index (χ1n) is 6.16. The van der Waals surface area contributed by atoms with E-state index < -0.39 is 17.5 Å². The largest absolute Gasteiger partial charge is 0.441 e. The summed E-state index contributed by atoms with van der Waals surface area (Å²) in [6.07, 6.45) is 0. The number of amides is 1. The van der Waals surface area contributed by atoms with Crippen molar-refractivity contribution in [3.05, 3.63) is 59.5 Å². The molecule has 0 saturated carbocycles. The first-order chi connectivity index (χ1) is 10.0. The number of aryl methyl sites for hydroxylation is 1. The lowest BCUT2D eigenvalue weighted by Gasteiger charge is -2.06. The van der Waals surface area contributed by atoms with Crippen molar-refractivity contribution in [1.29, 1.82) is 0 Å². The molecule has 0 unspecified atom stereocenters. The van der Waals surface area contributed by atoms with Crippen molar-refractivity contribution in [3.8, 4) is 0 Å². The van der Waals surface area contributed by atoms with E-state index in [1.165, 1.54) is 0 Å². The zero-order valence-corrected chi connectivity index (χ0v) is 11.0. The van der Waals surface area contributed by atoms with Gasteiger partial charge in [-0.05, 0) is 30.3 Å². The third-order valence-corrected chi connectivity index (χ3v) is 2.93. The van der Waals surface area contributed by atoms with E-state index in [4.69, 9.17) is 4.42 Å². The predicted molar refractivity (Wildman–Crippen MR) is 73.1 cm³/mol. The SMILES string of the molecule is Cc1nc2ccc(NC(=O)c3cc(F)ccc3F)cc2o1. The minimum atomic E-state index is -0.787. The second-order valence-corrected chi connectivity index (χ2v) is 4.49. The minimum absolute atomic E-state index is 0.358. The molecule has 0 spiro atoms. The van der Waals surface area contributed by atoms with Gasteiger partial charge in [-0.3, -0.25) is 4.79 Å². The van der Waals surface area contributed by atoms with Gasteiger partial charge in [-0.1, -0.05) is 0 Å². The number of carbonyl (C=O) groups excluding carboxylic acids is 1. The Kier molecular flexibility index (Phi) is 3.13.